The molecule has 0 aliphatic rings. The van der Waals surface area contributed by atoms with Gasteiger partial charge in [0.15, 0.2) is 0 Å². The SMILES string of the molecule is Cc1nn(-c2ccccc2)c(C)c1C(C)NCC(O)c1ccsc1. The maximum atomic E-state index is 10.3. The van der Waals surface area contributed by atoms with Gasteiger partial charge in [0.05, 0.1) is 17.5 Å². The average molecular weight is 341 g/mol. The van der Waals surface area contributed by atoms with Gasteiger partial charge in [0, 0.05) is 23.8 Å². The Labute approximate surface area is 146 Å². The molecule has 0 aliphatic heterocycles. The number of benzene rings is 1. The number of aliphatic hydroxyl groups is 1. The second-order valence-electron chi connectivity index (χ2n) is 6.03. The minimum atomic E-state index is -0.483. The fourth-order valence-corrected chi connectivity index (χ4v) is 3.78. The topological polar surface area (TPSA) is 50.1 Å². The zero-order valence-corrected chi connectivity index (χ0v) is 15.0. The Morgan fingerprint density at radius 2 is 1.96 bits per heavy atom. The summed E-state index contributed by atoms with van der Waals surface area (Å²) in [7, 11) is 0. The van der Waals surface area contributed by atoms with Crippen molar-refractivity contribution < 1.29 is 5.11 Å². The smallest absolute Gasteiger partial charge is 0.0922 e. The maximum Gasteiger partial charge on any atom is 0.0922 e. The summed E-state index contributed by atoms with van der Waals surface area (Å²) in [6.45, 7) is 6.77. The van der Waals surface area contributed by atoms with E-state index in [1.807, 2.05) is 46.6 Å². The number of nitrogens with zero attached hydrogens (tertiary/aromatic N) is 2. The molecule has 2 unspecified atom stereocenters. The molecule has 2 heterocycles. The molecule has 0 saturated heterocycles. The first-order valence-corrected chi connectivity index (χ1v) is 9.07. The van der Waals surface area contributed by atoms with E-state index in [1.54, 1.807) is 11.3 Å². The third-order valence-corrected chi connectivity index (χ3v) is 5.03. The van der Waals surface area contributed by atoms with Gasteiger partial charge in [-0.3, -0.25) is 0 Å². The number of aryl methyl sites for hydroxylation is 1. The highest BCUT2D eigenvalue weighted by atomic mass is 32.1. The lowest BCUT2D eigenvalue weighted by Gasteiger charge is -2.17. The van der Waals surface area contributed by atoms with Crippen LogP contribution in [0.25, 0.3) is 5.69 Å². The number of thiophene rings is 1. The number of hydrogen-bond donors (Lipinski definition) is 2. The number of rotatable bonds is 6. The fraction of sp³-hybridized carbons (Fsp3) is 0.316. The summed E-state index contributed by atoms with van der Waals surface area (Å²) < 4.78 is 1.98. The first-order valence-electron chi connectivity index (χ1n) is 8.13. The van der Waals surface area contributed by atoms with Crippen LogP contribution in [0.1, 0.15) is 41.6 Å². The van der Waals surface area contributed by atoms with Crippen LogP contribution in [0.3, 0.4) is 0 Å². The summed E-state index contributed by atoms with van der Waals surface area (Å²) in [5, 5.41) is 22.4. The van der Waals surface area contributed by atoms with E-state index in [2.05, 4.69) is 31.3 Å². The Hall–Kier alpha value is -1.95. The van der Waals surface area contributed by atoms with Gasteiger partial charge in [-0.15, -0.1) is 0 Å². The molecule has 0 fully saturated rings. The predicted octanol–water partition coefficient (Wildman–Crippen LogP) is 3.93. The number of aromatic nitrogens is 2. The molecule has 0 spiro atoms. The first-order chi connectivity index (χ1) is 11.6. The predicted molar refractivity (Wildman–Crippen MR) is 98.7 cm³/mol. The van der Waals surface area contributed by atoms with E-state index in [4.69, 9.17) is 5.10 Å². The highest BCUT2D eigenvalue weighted by Crippen LogP contribution is 2.24. The second-order valence-corrected chi connectivity index (χ2v) is 6.81. The Morgan fingerprint density at radius 3 is 2.62 bits per heavy atom. The molecule has 2 N–H and O–H groups in total. The number of aliphatic hydroxyl groups excluding tert-OH is 1. The third kappa shape index (κ3) is 3.43. The standard InChI is InChI=1S/C19H23N3OS/c1-13(20-11-18(23)16-9-10-24-12-16)19-14(2)21-22(15(19)3)17-7-5-4-6-8-17/h4-10,12-13,18,20,23H,11H2,1-3H3. The van der Waals surface area contributed by atoms with Gasteiger partial charge in [-0.05, 0) is 55.3 Å². The average Bonchev–Trinajstić information content (AvgIpc) is 3.22. The lowest BCUT2D eigenvalue weighted by atomic mass is 10.1. The van der Waals surface area contributed by atoms with Gasteiger partial charge in [0.2, 0.25) is 0 Å². The highest BCUT2D eigenvalue weighted by Gasteiger charge is 2.19. The van der Waals surface area contributed by atoms with Gasteiger partial charge in [-0.1, -0.05) is 18.2 Å². The molecular weight excluding hydrogens is 318 g/mol. The minimum Gasteiger partial charge on any atom is -0.387 e. The molecule has 2 atom stereocenters. The van der Waals surface area contributed by atoms with Crippen LogP contribution in [-0.4, -0.2) is 21.4 Å². The molecule has 126 valence electrons. The van der Waals surface area contributed by atoms with E-state index in [1.165, 1.54) is 5.56 Å². The van der Waals surface area contributed by atoms with Gasteiger partial charge in [-0.2, -0.15) is 16.4 Å². The summed E-state index contributed by atoms with van der Waals surface area (Å²) in [6.07, 6.45) is -0.483. The molecule has 1 aromatic carbocycles. The fourth-order valence-electron chi connectivity index (χ4n) is 3.07. The van der Waals surface area contributed by atoms with Crippen molar-refractivity contribution in [3.63, 3.8) is 0 Å². The third-order valence-electron chi connectivity index (χ3n) is 4.33. The summed E-state index contributed by atoms with van der Waals surface area (Å²) in [5.74, 6) is 0. The Bertz CT molecular complexity index is 781. The lowest BCUT2D eigenvalue weighted by Crippen LogP contribution is -2.25. The summed E-state index contributed by atoms with van der Waals surface area (Å²) in [6, 6.07) is 12.2. The van der Waals surface area contributed by atoms with Crippen LogP contribution in [0.5, 0.6) is 0 Å². The maximum absolute atomic E-state index is 10.3. The van der Waals surface area contributed by atoms with E-state index in [0.717, 1.165) is 22.6 Å². The summed E-state index contributed by atoms with van der Waals surface area (Å²) >= 11 is 1.60. The monoisotopic (exact) mass is 341 g/mol. The number of para-hydroxylation sites is 1. The van der Waals surface area contributed by atoms with Crippen LogP contribution in [0.15, 0.2) is 47.2 Å². The van der Waals surface area contributed by atoms with Crippen LogP contribution < -0.4 is 5.32 Å². The van der Waals surface area contributed by atoms with Gasteiger partial charge in [0.1, 0.15) is 0 Å². The molecule has 24 heavy (non-hydrogen) atoms. The molecular formula is C19H23N3OS. The second kappa shape index (κ2) is 7.30. The highest BCUT2D eigenvalue weighted by molar-refractivity contribution is 7.07. The minimum absolute atomic E-state index is 0.121. The van der Waals surface area contributed by atoms with Crippen LogP contribution in [0.4, 0.5) is 0 Å². The van der Waals surface area contributed by atoms with Crippen molar-refractivity contribution in [1.29, 1.82) is 0 Å². The molecule has 0 amide bonds. The van der Waals surface area contributed by atoms with Crippen LogP contribution in [-0.2, 0) is 0 Å². The number of hydrogen-bond acceptors (Lipinski definition) is 4. The van der Waals surface area contributed by atoms with Gasteiger partial charge >= 0.3 is 0 Å². The van der Waals surface area contributed by atoms with E-state index >= 15 is 0 Å². The van der Waals surface area contributed by atoms with Crippen LogP contribution in [0, 0.1) is 13.8 Å². The quantitative estimate of drug-likeness (QED) is 0.714. The van der Waals surface area contributed by atoms with Crippen molar-refractivity contribution >= 4 is 11.3 Å². The Balaban J connectivity index is 1.75. The van der Waals surface area contributed by atoms with Crippen molar-refractivity contribution in [3.8, 4) is 5.69 Å². The van der Waals surface area contributed by atoms with E-state index < -0.39 is 6.10 Å². The van der Waals surface area contributed by atoms with Crippen molar-refractivity contribution in [2.75, 3.05) is 6.54 Å². The molecule has 3 aromatic rings. The van der Waals surface area contributed by atoms with Gasteiger partial charge in [-0.25, -0.2) is 4.68 Å². The van der Waals surface area contributed by atoms with E-state index in [0.29, 0.717) is 6.54 Å². The van der Waals surface area contributed by atoms with Crippen molar-refractivity contribution in [1.82, 2.24) is 15.1 Å². The Kier molecular flexibility index (Phi) is 5.14. The first kappa shape index (κ1) is 16.9. The molecule has 0 radical (unpaired) electrons. The molecule has 5 heteroatoms. The zero-order chi connectivity index (χ0) is 17.1. The normalized spacial score (nSPS) is 13.8. The number of nitrogens with one attached hydrogen (secondary N) is 1. The van der Waals surface area contributed by atoms with Gasteiger partial charge < -0.3 is 10.4 Å². The Morgan fingerprint density at radius 1 is 1.21 bits per heavy atom. The van der Waals surface area contributed by atoms with E-state index in [9.17, 15) is 5.11 Å². The molecule has 2 aromatic heterocycles. The zero-order valence-electron chi connectivity index (χ0n) is 14.2. The molecule has 0 saturated carbocycles. The summed E-state index contributed by atoms with van der Waals surface area (Å²) in [5.41, 5.74) is 5.37. The molecule has 0 aliphatic carbocycles. The molecule has 3 rings (SSSR count). The lowest BCUT2D eigenvalue weighted by molar-refractivity contribution is 0.171. The summed E-state index contributed by atoms with van der Waals surface area (Å²) in [4.78, 5) is 0. The molecule has 4 nitrogen and oxygen atoms in total. The largest absolute Gasteiger partial charge is 0.387 e. The van der Waals surface area contributed by atoms with Crippen molar-refractivity contribution in [2.24, 2.45) is 0 Å². The molecule has 0 bridgehead atoms. The van der Waals surface area contributed by atoms with Crippen LogP contribution >= 0.6 is 11.3 Å². The van der Waals surface area contributed by atoms with Crippen molar-refractivity contribution in [2.45, 2.75) is 32.9 Å². The van der Waals surface area contributed by atoms with Crippen molar-refractivity contribution in [3.05, 3.63) is 69.7 Å². The van der Waals surface area contributed by atoms with Gasteiger partial charge in [0.25, 0.3) is 0 Å². The van der Waals surface area contributed by atoms with Crippen LogP contribution in [0.2, 0.25) is 0 Å². The van der Waals surface area contributed by atoms with E-state index in [-0.39, 0.29) is 6.04 Å².